The van der Waals surface area contributed by atoms with Crippen molar-refractivity contribution in [2.24, 2.45) is 0 Å². The fourth-order valence-electron chi connectivity index (χ4n) is 3.22. The Morgan fingerprint density at radius 1 is 1.12 bits per heavy atom. The van der Waals surface area contributed by atoms with Crippen molar-refractivity contribution in [3.63, 3.8) is 0 Å². The summed E-state index contributed by atoms with van der Waals surface area (Å²) in [5.41, 5.74) is 1.91. The van der Waals surface area contributed by atoms with E-state index in [1.54, 1.807) is 11.0 Å². The molecule has 0 unspecified atom stereocenters. The molecule has 7 heteroatoms. The van der Waals surface area contributed by atoms with Crippen LogP contribution in [0.4, 0.5) is 5.82 Å². The van der Waals surface area contributed by atoms with Crippen LogP contribution in [0.15, 0.2) is 54.9 Å². The quantitative estimate of drug-likeness (QED) is 0.741. The van der Waals surface area contributed by atoms with Crippen LogP contribution in [0.3, 0.4) is 0 Å². The van der Waals surface area contributed by atoms with Crippen molar-refractivity contribution in [1.29, 1.82) is 0 Å². The van der Waals surface area contributed by atoms with Crippen LogP contribution in [0.5, 0.6) is 0 Å². The predicted octanol–water partition coefficient (Wildman–Crippen LogP) is 1.82. The largest absolute Gasteiger partial charge is 0.351 e. The Bertz CT molecular complexity index is 787. The molecule has 3 aromatic rings. The van der Waals surface area contributed by atoms with Crippen LogP contribution in [0.2, 0.25) is 0 Å². The van der Waals surface area contributed by atoms with E-state index < -0.39 is 0 Å². The second kappa shape index (κ2) is 7.40. The Hall–Kier alpha value is -2.80. The van der Waals surface area contributed by atoms with Crippen LogP contribution in [0.25, 0.3) is 5.69 Å². The molecule has 1 atom stereocenters. The van der Waals surface area contributed by atoms with Crippen molar-refractivity contribution in [3.05, 3.63) is 60.6 Å². The standard InChI is InChI=1S/C18H21N7/c1-2-6-16(7-3-1)25-21-13-15(23-25)12-19-14-17-8-5-11-24(17)18-9-4-10-20-22-18/h1-4,6-7,9-10,13,17,19H,5,8,11-12,14H2/t17-/m0/s1. The van der Waals surface area contributed by atoms with E-state index in [-0.39, 0.29) is 0 Å². The summed E-state index contributed by atoms with van der Waals surface area (Å²) in [6, 6.07) is 14.4. The molecule has 3 heterocycles. The monoisotopic (exact) mass is 335 g/mol. The predicted molar refractivity (Wildman–Crippen MR) is 95.5 cm³/mol. The minimum absolute atomic E-state index is 0.445. The number of benzene rings is 1. The number of rotatable bonds is 6. The van der Waals surface area contributed by atoms with Gasteiger partial charge in [0.2, 0.25) is 0 Å². The van der Waals surface area contributed by atoms with Crippen molar-refractivity contribution in [2.75, 3.05) is 18.0 Å². The van der Waals surface area contributed by atoms with Crippen LogP contribution in [0, 0.1) is 0 Å². The number of hydrogen-bond donors (Lipinski definition) is 1. The number of anilines is 1. The highest BCUT2D eigenvalue weighted by molar-refractivity contribution is 5.39. The normalized spacial score (nSPS) is 17.1. The molecule has 0 aliphatic carbocycles. The van der Waals surface area contributed by atoms with Gasteiger partial charge in [0.1, 0.15) is 0 Å². The minimum Gasteiger partial charge on any atom is -0.351 e. The van der Waals surface area contributed by atoms with Crippen LogP contribution in [0.1, 0.15) is 18.5 Å². The van der Waals surface area contributed by atoms with E-state index in [1.165, 1.54) is 12.8 Å². The number of para-hydroxylation sites is 1. The highest BCUT2D eigenvalue weighted by Gasteiger charge is 2.25. The van der Waals surface area contributed by atoms with Crippen LogP contribution >= 0.6 is 0 Å². The van der Waals surface area contributed by atoms with Gasteiger partial charge in [-0.15, -0.1) is 5.10 Å². The average Bonchev–Trinajstić information content (AvgIpc) is 3.33. The van der Waals surface area contributed by atoms with Gasteiger partial charge in [-0.2, -0.15) is 20.1 Å². The lowest BCUT2D eigenvalue weighted by molar-refractivity contribution is 0.563. The maximum Gasteiger partial charge on any atom is 0.151 e. The summed E-state index contributed by atoms with van der Waals surface area (Å²) in [6.07, 6.45) is 5.88. The first kappa shape index (κ1) is 15.7. The fourth-order valence-corrected chi connectivity index (χ4v) is 3.22. The van der Waals surface area contributed by atoms with Crippen LogP contribution < -0.4 is 10.2 Å². The minimum atomic E-state index is 0.445. The molecule has 0 amide bonds. The average molecular weight is 335 g/mol. The Kier molecular flexibility index (Phi) is 4.65. The molecule has 1 aromatic carbocycles. The number of aromatic nitrogens is 5. The Morgan fingerprint density at radius 2 is 2.04 bits per heavy atom. The van der Waals surface area contributed by atoms with Gasteiger partial charge in [0.25, 0.3) is 0 Å². The first-order valence-electron chi connectivity index (χ1n) is 8.62. The summed E-state index contributed by atoms with van der Waals surface area (Å²) < 4.78 is 0. The summed E-state index contributed by atoms with van der Waals surface area (Å²) in [5.74, 6) is 0.960. The van der Waals surface area contributed by atoms with Gasteiger partial charge in [-0.1, -0.05) is 18.2 Å². The van der Waals surface area contributed by atoms with Gasteiger partial charge in [0.15, 0.2) is 5.82 Å². The summed E-state index contributed by atoms with van der Waals surface area (Å²) in [6.45, 7) is 2.64. The maximum atomic E-state index is 4.53. The maximum absolute atomic E-state index is 4.53. The molecule has 0 spiro atoms. The van der Waals surface area contributed by atoms with Crippen molar-refractivity contribution < 1.29 is 0 Å². The summed E-state index contributed by atoms with van der Waals surface area (Å²) in [7, 11) is 0. The molecule has 1 aliphatic heterocycles. The zero-order valence-corrected chi connectivity index (χ0v) is 14.0. The second-order valence-corrected chi connectivity index (χ2v) is 6.16. The second-order valence-electron chi connectivity index (χ2n) is 6.16. The Labute approximate surface area is 146 Å². The molecular weight excluding hydrogens is 314 g/mol. The summed E-state index contributed by atoms with van der Waals surface area (Å²) >= 11 is 0. The zero-order chi connectivity index (χ0) is 16.9. The molecule has 0 bridgehead atoms. The molecule has 128 valence electrons. The molecule has 2 aromatic heterocycles. The highest BCUT2D eigenvalue weighted by atomic mass is 15.5. The van der Waals surface area contributed by atoms with Gasteiger partial charge >= 0.3 is 0 Å². The van der Waals surface area contributed by atoms with E-state index in [2.05, 4.69) is 30.6 Å². The van der Waals surface area contributed by atoms with Gasteiger partial charge in [0, 0.05) is 31.9 Å². The third-order valence-corrected chi connectivity index (χ3v) is 4.44. The summed E-state index contributed by atoms with van der Waals surface area (Å²) in [5, 5.41) is 20.6. The molecule has 1 aliphatic rings. The van der Waals surface area contributed by atoms with Crippen LogP contribution in [-0.2, 0) is 6.54 Å². The van der Waals surface area contributed by atoms with E-state index >= 15 is 0 Å². The first-order valence-corrected chi connectivity index (χ1v) is 8.62. The molecule has 1 saturated heterocycles. The molecule has 4 rings (SSSR count). The van der Waals surface area contributed by atoms with Crippen molar-refractivity contribution in [2.45, 2.75) is 25.4 Å². The van der Waals surface area contributed by atoms with Gasteiger partial charge < -0.3 is 10.2 Å². The molecule has 0 saturated carbocycles. The van der Waals surface area contributed by atoms with Gasteiger partial charge in [0.05, 0.1) is 17.6 Å². The Balaban J connectivity index is 1.33. The first-order chi connectivity index (χ1) is 12.4. The molecular formula is C18H21N7. The lowest BCUT2D eigenvalue weighted by Crippen LogP contribution is -2.38. The number of hydrogen-bond acceptors (Lipinski definition) is 6. The van der Waals surface area contributed by atoms with Crippen molar-refractivity contribution in [1.82, 2.24) is 30.5 Å². The van der Waals surface area contributed by atoms with E-state index in [0.29, 0.717) is 12.6 Å². The van der Waals surface area contributed by atoms with Crippen molar-refractivity contribution in [3.8, 4) is 5.69 Å². The third kappa shape index (κ3) is 3.66. The summed E-state index contributed by atoms with van der Waals surface area (Å²) in [4.78, 5) is 4.00. The Morgan fingerprint density at radius 3 is 2.88 bits per heavy atom. The zero-order valence-electron chi connectivity index (χ0n) is 14.0. The fraction of sp³-hybridized carbons (Fsp3) is 0.333. The van der Waals surface area contributed by atoms with Crippen LogP contribution in [-0.4, -0.2) is 44.3 Å². The van der Waals surface area contributed by atoms with Crippen molar-refractivity contribution >= 4 is 5.82 Å². The van der Waals surface area contributed by atoms with E-state index in [9.17, 15) is 0 Å². The van der Waals surface area contributed by atoms with Gasteiger partial charge in [-0.05, 0) is 37.1 Å². The number of nitrogens with one attached hydrogen (secondary N) is 1. The molecule has 7 nitrogen and oxygen atoms in total. The van der Waals surface area contributed by atoms with E-state index in [4.69, 9.17) is 0 Å². The highest BCUT2D eigenvalue weighted by Crippen LogP contribution is 2.22. The lowest BCUT2D eigenvalue weighted by atomic mass is 10.2. The molecule has 1 fully saturated rings. The van der Waals surface area contributed by atoms with Gasteiger partial charge in [-0.3, -0.25) is 0 Å². The van der Waals surface area contributed by atoms with E-state index in [1.807, 2.05) is 48.7 Å². The SMILES string of the molecule is c1ccc(-n2ncc(CNC[C@@H]3CCCN3c3cccnn3)n2)cc1. The number of nitrogens with zero attached hydrogens (tertiary/aromatic N) is 6. The molecule has 0 radical (unpaired) electrons. The third-order valence-electron chi connectivity index (χ3n) is 4.44. The topological polar surface area (TPSA) is 71.8 Å². The van der Waals surface area contributed by atoms with E-state index in [0.717, 1.165) is 30.3 Å². The van der Waals surface area contributed by atoms with Gasteiger partial charge in [-0.25, -0.2) is 0 Å². The lowest BCUT2D eigenvalue weighted by Gasteiger charge is -2.25. The smallest absolute Gasteiger partial charge is 0.151 e. The molecule has 25 heavy (non-hydrogen) atoms. The molecule has 1 N–H and O–H groups in total.